The lowest BCUT2D eigenvalue weighted by molar-refractivity contribution is 0.529. The predicted octanol–water partition coefficient (Wildman–Crippen LogP) is 3.58. The molecule has 0 fully saturated rings. The summed E-state index contributed by atoms with van der Waals surface area (Å²) in [5.74, 6) is 0. The Hall–Kier alpha value is -0.780. The Labute approximate surface area is 120 Å². The summed E-state index contributed by atoms with van der Waals surface area (Å²) < 4.78 is 1.18. The van der Waals surface area contributed by atoms with Gasteiger partial charge in [0.25, 0.3) is 0 Å². The van der Waals surface area contributed by atoms with Gasteiger partial charge in [0.15, 0.2) is 0 Å². The van der Waals surface area contributed by atoms with Crippen LogP contribution in [0.25, 0.3) is 0 Å². The molecule has 2 aromatic heterocycles. The molecule has 0 radical (unpaired) electrons. The minimum absolute atomic E-state index is 0.289. The van der Waals surface area contributed by atoms with Gasteiger partial charge in [0.05, 0.1) is 3.79 Å². The third-order valence-electron chi connectivity index (χ3n) is 2.66. The molecule has 5 heteroatoms. The van der Waals surface area contributed by atoms with Crippen LogP contribution in [0.2, 0.25) is 0 Å². The van der Waals surface area contributed by atoms with E-state index < -0.39 is 0 Å². The van der Waals surface area contributed by atoms with Gasteiger partial charge in [-0.15, -0.1) is 11.3 Å². The van der Waals surface area contributed by atoms with Gasteiger partial charge in [-0.3, -0.25) is 0 Å². The average Bonchev–Trinajstić information content (AvgIpc) is 2.81. The quantitative estimate of drug-likeness (QED) is 0.882. The minimum Gasteiger partial charge on any atom is -0.310 e. The minimum atomic E-state index is 0.289. The first kappa shape index (κ1) is 13.6. The van der Waals surface area contributed by atoms with E-state index in [-0.39, 0.29) is 6.04 Å². The molecule has 1 unspecified atom stereocenters. The molecule has 0 spiro atoms. The van der Waals surface area contributed by atoms with Crippen LogP contribution in [0.3, 0.4) is 0 Å². The van der Waals surface area contributed by atoms with Gasteiger partial charge in [0.2, 0.25) is 0 Å². The van der Waals surface area contributed by atoms with Gasteiger partial charge in [0.1, 0.15) is 6.33 Å². The monoisotopic (exact) mass is 325 g/mol. The molecule has 2 heterocycles. The van der Waals surface area contributed by atoms with Crippen molar-refractivity contribution in [2.75, 3.05) is 6.54 Å². The van der Waals surface area contributed by atoms with Crippen molar-refractivity contribution < 1.29 is 0 Å². The van der Waals surface area contributed by atoms with Gasteiger partial charge >= 0.3 is 0 Å². The number of rotatable bonds is 6. The van der Waals surface area contributed by atoms with Gasteiger partial charge in [-0.25, -0.2) is 9.97 Å². The normalized spacial score (nSPS) is 12.6. The van der Waals surface area contributed by atoms with E-state index >= 15 is 0 Å². The van der Waals surface area contributed by atoms with Crippen LogP contribution >= 0.6 is 27.3 Å². The summed E-state index contributed by atoms with van der Waals surface area (Å²) in [4.78, 5) is 9.57. The molecule has 0 aliphatic carbocycles. The lowest BCUT2D eigenvalue weighted by atomic mass is 10.1. The third kappa shape index (κ3) is 3.86. The molecule has 96 valence electrons. The Morgan fingerprint density at radius 1 is 1.33 bits per heavy atom. The summed E-state index contributed by atoms with van der Waals surface area (Å²) in [5, 5.41) is 3.55. The maximum absolute atomic E-state index is 4.10. The van der Waals surface area contributed by atoms with Gasteiger partial charge in [-0.2, -0.15) is 0 Å². The Morgan fingerprint density at radius 2 is 2.11 bits per heavy atom. The number of nitrogens with one attached hydrogen (secondary N) is 1. The second kappa shape index (κ2) is 6.97. The highest BCUT2D eigenvalue weighted by Gasteiger charge is 2.13. The van der Waals surface area contributed by atoms with E-state index in [1.165, 1.54) is 8.66 Å². The van der Waals surface area contributed by atoms with E-state index in [0.717, 1.165) is 24.9 Å². The second-order valence-electron chi connectivity index (χ2n) is 4.09. The third-order valence-corrected chi connectivity index (χ3v) is 4.30. The molecule has 18 heavy (non-hydrogen) atoms. The fraction of sp³-hybridized carbons (Fsp3) is 0.385. The Balaban J connectivity index is 2.10. The van der Waals surface area contributed by atoms with E-state index in [9.17, 15) is 0 Å². The van der Waals surface area contributed by atoms with E-state index in [0.29, 0.717) is 0 Å². The number of hydrogen-bond donors (Lipinski definition) is 1. The number of aromatic nitrogens is 2. The molecule has 2 rings (SSSR count). The van der Waals surface area contributed by atoms with Crippen molar-refractivity contribution in [3.05, 3.63) is 45.1 Å². The maximum atomic E-state index is 4.10. The van der Waals surface area contributed by atoms with E-state index in [4.69, 9.17) is 0 Å². The zero-order valence-electron chi connectivity index (χ0n) is 10.3. The zero-order valence-corrected chi connectivity index (χ0v) is 12.7. The summed E-state index contributed by atoms with van der Waals surface area (Å²) >= 11 is 5.28. The number of thiophene rings is 1. The summed E-state index contributed by atoms with van der Waals surface area (Å²) in [7, 11) is 0. The van der Waals surface area contributed by atoms with Crippen LogP contribution in [0.1, 0.15) is 29.8 Å². The molecular weight excluding hydrogens is 310 g/mol. The maximum Gasteiger partial charge on any atom is 0.115 e. The van der Waals surface area contributed by atoms with E-state index in [1.807, 2.05) is 12.4 Å². The average molecular weight is 326 g/mol. The largest absolute Gasteiger partial charge is 0.310 e. The molecule has 0 aromatic carbocycles. The summed E-state index contributed by atoms with van der Waals surface area (Å²) in [6, 6.07) is 4.55. The molecule has 0 saturated carbocycles. The SMILES string of the molecule is CCCNC(Cc1ccc(Br)s1)c1cncnc1. The smallest absolute Gasteiger partial charge is 0.115 e. The van der Waals surface area contributed by atoms with Gasteiger partial charge in [-0.1, -0.05) is 6.92 Å². The number of halogens is 1. The summed E-state index contributed by atoms with van der Waals surface area (Å²) in [6.07, 6.45) is 7.45. The molecule has 0 saturated heterocycles. The first-order valence-corrected chi connectivity index (χ1v) is 7.63. The fourth-order valence-electron chi connectivity index (χ4n) is 1.78. The highest BCUT2D eigenvalue weighted by molar-refractivity contribution is 9.11. The second-order valence-corrected chi connectivity index (χ2v) is 6.64. The molecule has 0 aliphatic rings. The van der Waals surface area contributed by atoms with Crippen molar-refractivity contribution in [3.8, 4) is 0 Å². The first-order valence-electron chi connectivity index (χ1n) is 6.02. The lowest BCUT2D eigenvalue weighted by Crippen LogP contribution is -2.24. The first-order chi connectivity index (χ1) is 8.79. The van der Waals surface area contributed by atoms with Crippen LogP contribution in [0.5, 0.6) is 0 Å². The van der Waals surface area contributed by atoms with Crippen molar-refractivity contribution in [3.63, 3.8) is 0 Å². The highest BCUT2D eigenvalue weighted by atomic mass is 79.9. The molecule has 1 atom stereocenters. The van der Waals surface area contributed by atoms with E-state index in [1.54, 1.807) is 17.7 Å². The fourth-order valence-corrected chi connectivity index (χ4v) is 3.31. The van der Waals surface area contributed by atoms with E-state index in [2.05, 4.69) is 50.3 Å². The lowest BCUT2D eigenvalue weighted by Gasteiger charge is -2.17. The van der Waals surface area contributed by atoms with Gasteiger partial charge < -0.3 is 5.32 Å². The topological polar surface area (TPSA) is 37.8 Å². The van der Waals surface area contributed by atoms with Crippen molar-refractivity contribution in [1.82, 2.24) is 15.3 Å². The molecule has 1 N–H and O–H groups in total. The molecule has 0 bridgehead atoms. The molecule has 3 nitrogen and oxygen atoms in total. The van der Waals surface area contributed by atoms with Crippen LogP contribution in [-0.4, -0.2) is 16.5 Å². The Kier molecular flexibility index (Phi) is 5.28. The Morgan fingerprint density at radius 3 is 2.72 bits per heavy atom. The summed E-state index contributed by atoms with van der Waals surface area (Å²) in [6.45, 7) is 3.18. The van der Waals surface area contributed by atoms with Crippen LogP contribution in [0, 0.1) is 0 Å². The van der Waals surface area contributed by atoms with Crippen LogP contribution in [-0.2, 0) is 6.42 Å². The van der Waals surface area contributed by atoms with Gasteiger partial charge in [-0.05, 0) is 41.0 Å². The standard InChI is InChI=1S/C13H16BrN3S/c1-2-5-17-12(10-7-15-9-16-8-10)6-11-3-4-13(14)18-11/h3-4,7-9,12,17H,2,5-6H2,1H3. The van der Waals surface area contributed by atoms with Crippen molar-refractivity contribution >= 4 is 27.3 Å². The molecule has 0 aliphatic heterocycles. The number of hydrogen-bond acceptors (Lipinski definition) is 4. The zero-order chi connectivity index (χ0) is 12.8. The van der Waals surface area contributed by atoms with Crippen molar-refractivity contribution in [1.29, 1.82) is 0 Å². The van der Waals surface area contributed by atoms with Crippen LogP contribution < -0.4 is 5.32 Å². The van der Waals surface area contributed by atoms with Crippen LogP contribution in [0.15, 0.2) is 34.6 Å². The van der Waals surface area contributed by atoms with Crippen molar-refractivity contribution in [2.24, 2.45) is 0 Å². The van der Waals surface area contributed by atoms with Crippen LogP contribution in [0.4, 0.5) is 0 Å². The van der Waals surface area contributed by atoms with Gasteiger partial charge in [0, 0.05) is 35.3 Å². The molecule has 0 amide bonds. The predicted molar refractivity (Wildman–Crippen MR) is 78.8 cm³/mol. The highest BCUT2D eigenvalue weighted by Crippen LogP contribution is 2.26. The molecular formula is C13H16BrN3S. The van der Waals surface area contributed by atoms with Crippen molar-refractivity contribution in [2.45, 2.75) is 25.8 Å². The summed E-state index contributed by atoms with van der Waals surface area (Å²) in [5.41, 5.74) is 1.15. The number of nitrogens with zero attached hydrogens (tertiary/aromatic N) is 2. The molecule has 2 aromatic rings. The Bertz CT molecular complexity index is 472.